The maximum atomic E-state index is 8.75. The number of likely N-dealkylation sites (tertiary alicyclic amines) is 1. The van der Waals surface area contributed by atoms with E-state index in [1.807, 2.05) is 4.90 Å². The minimum atomic E-state index is 0.325. The molecule has 0 spiro atoms. The van der Waals surface area contributed by atoms with Crippen molar-refractivity contribution in [3.63, 3.8) is 0 Å². The van der Waals surface area contributed by atoms with Crippen LogP contribution >= 0.6 is 0 Å². The van der Waals surface area contributed by atoms with Crippen LogP contribution in [0.4, 0.5) is 0 Å². The fraction of sp³-hybridized carbons (Fsp3) is 0.857. The average Bonchev–Trinajstić information content (AvgIpc) is 1.88. The monoisotopic (exact) mass is 128 g/mol. The van der Waals surface area contributed by atoms with Crippen LogP contribution < -0.4 is 0 Å². The van der Waals surface area contributed by atoms with Crippen molar-refractivity contribution in [2.75, 3.05) is 19.7 Å². The van der Waals surface area contributed by atoms with E-state index >= 15 is 0 Å². The first-order valence-electron chi connectivity index (χ1n) is 3.49. The number of aliphatic hydroxyl groups is 1. The first-order chi connectivity index (χ1) is 4.33. The van der Waals surface area contributed by atoms with Gasteiger partial charge in [0.1, 0.15) is 0 Å². The van der Waals surface area contributed by atoms with Crippen molar-refractivity contribution >= 4 is 0 Å². The van der Waals surface area contributed by atoms with Crippen molar-refractivity contribution in [2.24, 2.45) is 5.92 Å². The van der Waals surface area contributed by atoms with E-state index in [1.165, 1.54) is 12.8 Å². The molecule has 0 radical (unpaired) electrons. The van der Waals surface area contributed by atoms with Gasteiger partial charge >= 0.3 is 0 Å². The second-order valence-electron chi connectivity index (χ2n) is 2.77. The van der Waals surface area contributed by atoms with E-state index in [-0.39, 0.29) is 0 Å². The summed E-state index contributed by atoms with van der Waals surface area (Å²) >= 11 is 0. The second kappa shape index (κ2) is 3.18. The molecule has 0 aromatic carbocycles. The standard InChI is InChI=1S/C7H14NO/c1-8-4-2-3-7(5-8)6-9/h7,9H,1-6H2/q-1. The normalized spacial score (nSPS) is 30.7. The van der Waals surface area contributed by atoms with Gasteiger partial charge in [0.2, 0.25) is 0 Å². The van der Waals surface area contributed by atoms with E-state index in [0.717, 1.165) is 13.1 Å². The van der Waals surface area contributed by atoms with Crippen LogP contribution in [0.5, 0.6) is 0 Å². The third-order valence-electron chi connectivity index (χ3n) is 1.86. The van der Waals surface area contributed by atoms with Crippen molar-refractivity contribution in [3.05, 3.63) is 7.05 Å². The highest BCUT2D eigenvalue weighted by atomic mass is 16.3. The van der Waals surface area contributed by atoms with Gasteiger partial charge in [-0.2, -0.15) is 0 Å². The molecule has 9 heavy (non-hydrogen) atoms. The molecule has 0 saturated carbocycles. The lowest BCUT2D eigenvalue weighted by Crippen LogP contribution is -2.32. The summed E-state index contributed by atoms with van der Waals surface area (Å²) in [4.78, 5) is 2.03. The molecule has 0 aromatic heterocycles. The molecule has 0 bridgehead atoms. The lowest BCUT2D eigenvalue weighted by Gasteiger charge is -2.34. The van der Waals surface area contributed by atoms with E-state index in [2.05, 4.69) is 7.05 Å². The third kappa shape index (κ3) is 1.95. The average molecular weight is 128 g/mol. The first kappa shape index (κ1) is 7.03. The van der Waals surface area contributed by atoms with Crippen LogP contribution in [0.15, 0.2) is 0 Å². The van der Waals surface area contributed by atoms with E-state index in [0.29, 0.717) is 12.5 Å². The molecule has 1 N–H and O–H groups in total. The summed E-state index contributed by atoms with van der Waals surface area (Å²) in [6, 6.07) is 0. The molecule has 1 aliphatic rings. The number of hydrogen-bond acceptors (Lipinski definition) is 2. The summed E-state index contributed by atoms with van der Waals surface area (Å²) < 4.78 is 0. The number of piperidine rings is 1. The molecule has 0 aromatic rings. The lowest BCUT2D eigenvalue weighted by molar-refractivity contribution is 0.148. The van der Waals surface area contributed by atoms with Crippen molar-refractivity contribution in [1.82, 2.24) is 4.90 Å². The maximum absolute atomic E-state index is 8.75. The third-order valence-corrected chi connectivity index (χ3v) is 1.86. The molecule has 1 saturated heterocycles. The minimum Gasteiger partial charge on any atom is -0.459 e. The zero-order valence-corrected chi connectivity index (χ0v) is 5.71. The van der Waals surface area contributed by atoms with E-state index in [4.69, 9.17) is 5.11 Å². The Morgan fingerprint density at radius 1 is 1.67 bits per heavy atom. The van der Waals surface area contributed by atoms with Gasteiger partial charge in [0.25, 0.3) is 0 Å². The molecule has 2 nitrogen and oxygen atoms in total. The first-order valence-corrected chi connectivity index (χ1v) is 3.49. The van der Waals surface area contributed by atoms with Gasteiger partial charge in [-0.15, -0.1) is 0 Å². The zero-order chi connectivity index (χ0) is 6.69. The number of rotatable bonds is 1. The van der Waals surface area contributed by atoms with Gasteiger partial charge < -0.3 is 10.0 Å². The highest BCUT2D eigenvalue weighted by Gasteiger charge is 2.11. The van der Waals surface area contributed by atoms with Gasteiger partial charge in [0.05, 0.1) is 0 Å². The molecule has 2 heteroatoms. The Labute approximate surface area is 56.5 Å². The Morgan fingerprint density at radius 2 is 2.44 bits per heavy atom. The van der Waals surface area contributed by atoms with Crippen LogP contribution in [0.25, 0.3) is 0 Å². The summed E-state index contributed by atoms with van der Waals surface area (Å²) in [5, 5.41) is 8.75. The number of hydrogen-bond donors (Lipinski definition) is 1. The summed E-state index contributed by atoms with van der Waals surface area (Å²) in [6.07, 6.45) is 2.36. The van der Waals surface area contributed by atoms with Crippen LogP contribution in [0, 0.1) is 13.0 Å². The smallest absolute Gasteiger partial charge is 0.0470 e. The predicted octanol–water partition coefficient (Wildman–Crippen LogP) is 0.482. The molecule has 1 rings (SSSR count). The topological polar surface area (TPSA) is 23.5 Å². The molecule has 1 unspecified atom stereocenters. The van der Waals surface area contributed by atoms with Crippen molar-refractivity contribution in [3.8, 4) is 0 Å². The molecule has 1 atom stereocenters. The van der Waals surface area contributed by atoms with Crippen LogP contribution in [-0.4, -0.2) is 29.7 Å². The van der Waals surface area contributed by atoms with Gasteiger partial charge in [-0.3, -0.25) is 7.05 Å². The maximum Gasteiger partial charge on any atom is 0.0470 e. The number of nitrogens with zero attached hydrogens (tertiary/aromatic N) is 1. The Kier molecular flexibility index (Phi) is 2.49. The van der Waals surface area contributed by atoms with Crippen molar-refractivity contribution in [2.45, 2.75) is 12.8 Å². The van der Waals surface area contributed by atoms with Crippen LogP contribution in [0.2, 0.25) is 0 Å². The number of aliphatic hydroxyl groups excluding tert-OH is 1. The fourth-order valence-electron chi connectivity index (χ4n) is 1.30. The molecular weight excluding hydrogens is 114 g/mol. The minimum absolute atomic E-state index is 0.325. The Morgan fingerprint density at radius 3 is 2.89 bits per heavy atom. The summed E-state index contributed by atoms with van der Waals surface area (Å²) in [6.45, 7) is 2.39. The second-order valence-corrected chi connectivity index (χ2v) is 2.77. The van der Waals surface area contributed by atoms with Gasteiger partial charge in [0, 0.05) is 6.61 Å². The van der Waals surface area contributed by atoms with Crippen LogP contribution in [-0.2, 0) is 0 Å². The molecule has 1 fully saturated rings. The Bertz CT molecular complexity index is 85.0. The van der Waals surface area contributed by atoms with Gasteiger partial charge in [-0.1, -0.05) is 0 Å². The summed E-state index contributed by atoms with van der Waals surface area (Å²) in [7, 11) is 3.82. The molecule has 1 aliphatic heterocycles. The summed E-state index contributed by atoms with van der Waals surface area (Å²) in [5.74, 6) is 0.483. The molecule has 54 valence electrons. The quantitative estimate of drug-likeness (QED) is 0.519. The molecule has 1 heterocycles. The van der Waals surface area contributed by atoms with Crippen molar-refractivity contribution < 1.29 is 5.11 Å². The van der Waals surface area contributed by atoms with E-state index < -0.39 is 0 Å². The molecular formula is C7H14NO-. The predicted molar refractivity (Wildman–Crippen MR) is 36.7 cm³/mol. The van der Waals surface area contributed by atoms with Gasteiger partial charge in [0.15, 0.2) is 0 Å². The lowest BCUT2D eigenvalue weighted by atomic mass is 10.00. The Balaban J connectivity index is 2.23. The van der Waals surface area contributed by atoms with Crippen molar-refractivity contribution in [1.29, 1.82) is 0 Å². The highest BCUT2D eigenvalue weighted by Crippen LogP contribution is 2.13. The largest absolute Gasteiger partial charge is 0.459 e. The summed E-state index contributed by atoms with van der Waals surface area (Å²) in [5.41, 5.74) is 0. The SMILES string of the molecule is [CH2-]N1CCCC(CO)C1. The zero-order valence-electron chi connectivity index (χ0n) is 5.71. The van der Waals surface area contributed by atoms with E-state index in [9.17, 15) is 0 Å². The highest BCUT2D eigenvalue weighted by molar-refractivity contribution is 4.70. The van der Waals surface area contributed by atoms with Gasteiger partial charge in [-0.25, -0.2) is 0 Å². The van der Waals surface area contributed by atoms with Crippen LogP contribution in [0.3, 0.4) is 0 Å². The van der Waals surface area contributed by atoms with E-state index in [1.54, 1.807) is 0 Å². The molecule has 0 aliphatic carbocycles. The Hall–Kier alpha value is -0.0800. The van der Waals surface area contributed by atoms with Gasteiger partial charge in [-0.05, 0) is 31.8 Å². The van der Waals surface area contributed by atoms with Crippen LogP contribution in [0.1, 0.15) is 12.8 Å². The fourth-order valence-corrected chi connectivity index (χ4v) is 1.30. The molecule has 0 amide bonds.